The molecule has 0 unspecified atom stereocenters. The van der Waals surface area contributed by atoms with Gasteiger partial charge in [-0.2, -0.15) is 0 Å². The Morgan fingerprint density at radius 3 is 2.75 bits per heavy atom. The summed E-state index contributed by atoms with van der Waals surface area (Å²) in [6.45, 7) is 2.44. The predicted molar refractivity (Wildman–Crippen MR) is 88.7 cm³/mol. The van der Waals surface area contributed by atoms with E-state index in [1.807, 2.05) is 24.3 Å². The summed E-state index contributed by atoms with van der Waals surface area (Å²) < 4.78 is 10.3. The van der Waals surface area contributed by atoms with Crippen molar-refractivity contribution in [3.63, 3.8) is 0 Å². The van der Waals surface area contributed by atoms with Gasteiger partial charge in [0.2, 0.25) is 5.91 Å². The van der Waals surface area contributed by atoms with Gasteiger partial charge in [0.25, 0.3) is 0 Å². The largest absolute Gasteiger partial charge is 0.494 e. The number of methoxy groups -OCH3 is 1. The quantitative estimate of drug-likeness (QED) is 0.538. The number of ether oxygens (including phenoxy) is 2. The molecule has 2 atom stereocenters. The van der Waals surface area contributed by atoms with E-state index in [-0.39, 0.29) is 25.2 Å². The van der Waals surface area contributed by atoms with Crippen LogP contribution in [0.15, 0.2) is 24.3 Å². The average Bonchev–Trinajstić information content (AvgIpc) is 2.89. The summed E-state index contributed by atoms with van der Waals surface area (Å²) in [5.41, 5.74) is 1.11. The van der Waals surface area contributed by atoms with E-state index in [2.05, 4.69) is 10.2 Å². The first-order chi connectivity index (χ1) is 11.6. The van der Waals surface area contributed by atoms with Crippen LogP contribution < -0.4 is 10.1 Å². The summed E-state index contributed by atoms with van der Waals surface area (Å²) in [5, 5.41) is 21.6. The predicted octanol–water partition coefficient (Wildman–Crippen LogP) is -0.244. The lowest BCUT2D eigenvalue weighted by Crippen LogP contribution is -2.44. The first-order valence-corrected chi connectivity index (χ1v) is 8.13. The number of hydrogen-bond donors (Lipinski definition) is 3. The normalized spacial score (nSPS) is 21.0. The van der Waals surface area contributed by atoms with Crippen LogP contribution in [0.5, 0.6) is 5.75 Å². The Morgan fingerprint density at radius 1 is 1.33 bits per heavy atom. The minimum Gasteiger partial charge on any atom is -0.494 e. The zero-order chi connectivity index (χ0) is 17.4. The molecule has 1 heterocycles. The van der Waals surface area contributed by atoms with Gasteiger partial charge in [0.1, 0.15) is 12.4 Å². The van der Waals surface area contributed by atoms with Crippen molar-refractivity contribution in [1.29, 1.82) is 0 Å². The minimum absolute atomic E-state index is 0.000956. The molecule has 1 amide bonds. The minimum atomic E-state index is -0.577. The molecule has 1 aromatic carbocycles. The van der Waals surface area contributed by atoms with Crippen molar-refractivity contribution in [2.75, 3.05) is 40.0 Å². The van der Waals surface area contributed by atoms with Crippen molar-refractivity contribution in [2.24, 2.45) is 0 Å². The lowest BCUT2D eigenvalue weighted by molar-refractivity contribution is -0.125. The molecule has 1 aliphatic heterocycles. The highest BCUT2D eigenvalue weighted by Crippen LogP contribution is 2.17. The van der Waals surface area contributed by atoms with Gasteiger partial charge in [-0.15, -0.1) is 0 Å². The molecule has 0 bridgehead atoms. The van der Waals surface area contributed by atoms with Gasteiger partial charge in [0, 0.05) is 39.8 Å². The van der Waals surface area contributed by atoms with E-state index < -0.39 is 6.10 Å². The Kier molecular flexibility index (Phi) is 7.45. The molecule has 0 saturated carbocycles. The van der Waals surface area contributed by atoms with Gasteiger partial charge in [0.05, 0.1) is 18.8 Å². The molecule has 1 aliphatic rings. The lowest BCUT2D eigenvalue weighted by atomic mass is 10.2. The van der Waals surface area contributed by atoms with E-state index in [0.717, 1.165) is 11.3 Å². The zero-order valence-electron chi connectivity index (χ0n) is 14.0. The van der Waals surface area contributed by atoms with Gasteiger partial charge in [-0.25, -0.2) is 0 Å². The van der Waals surface area contributed by atoms with E-state index in [4.69, 9.17) is 14.6 Å². The van der Waals surface area contributed by atoms with Gasteiger partial charge in [0.15, 0.2) is 0 Å². The Bertz CT molecular complexity index is 508. The van der Waals surface area contributed by atoms with Crippen molar-refractivity contribution in [3.8, 4) is 5.75 Å². The van der Waals surface area contributed by atoms with Crippen LogP contribution in [-0.4, -0.2) is 73.2 Å². The van der Waals surface area contributed by atoms with Crippen molar-refractivity contribution < 1.29 is 24.5 Å². The topological polar surface area (TPSA) is 91.3 Å². The van der Waals surface area contributed by atoms with Crippen LogP contribution in [0.1, 0.15) is 12.0 Å². The Balaban J connectivity index is 1.80. The van der Waals surface area contributed by atoms with Gasteiger partial charge in [-0.3, -0.25) is 9.69 Å². The third-order valence-corrected chi connectivity index (χ3v) is 3.89. The van der Waals surface area contributed by atoms with Gasteiger partial charge in [-0.1, -0.05) is 12.1 Å². The number of β-amino-alcohol motifs (C(OH)–C–C–N with tert-alkyl or cyclic N) is 1. The number of amides is 1. The maximum atomic E-state index is 11.6. The van der Waals surface area contributed by atoms with E-state index in [9.17, 15) is 9.90 Å². The molecule has 24 heavy (non-hydrogen) atoms. The molecule has 0 aromatic heterocycles. The summed E-state index contributed by atoms with van der Waals surface area (Å²) in [6.07, 6.45) is 0.0377. The fourth-order valence-corrected chi connectivity index (χ4v) is 2.72. The number of likely N-dealkylation sites (tertiary alicyclic amines) is 1. The number of aliphatic hydroxyl groups is 2. The van der Waals surface area contributed by atoms with Gasteiger partial charge in [-0.05, 0) is 17.7 Å². The van der Waals surface area contributed by atoms with E-state index in [1.165, 1.54) is 7.11 Å². The van der Waals surface area contributed by atoms with Crippen LogP contribution >= 0.6 is 0 Å². The van der Waals surface area contributed by atoms with E-state index >= 15 is 0 Å². The van der Waals surface area contributed by atoms with Gasteiger partial charge < -0.3 is 25.0 Å². The number of hydrogen-bond acceptors (Lipinski definition) is 6. The highest BCUT2D eigenvalue weighted by molar-refractivity contribution is 5.77. The Labute approximate surface area is 142 Å². The molecule has 0 spiro atoms. The monoisotopic (exact) mass is 338 g/mol. The van der Waals surface area contributed by atoms with Gasteiger partial charge >= 0.3 is 0 Å². The molecule has 2 rings (SSSR count). The number of carbonyl (C=O) groups excluding carboxylic acids is 1. The first-order valence-electron chi connectivity index (χ1n) is 8.13. The second-order valence-corrected chi connectivity index (χ2v) is 5.94. The van der Waals surface area contributed by atoms with Crippen LogP contribution in [0.25, 0.3) is 0 Å². The number of benzene rings is 1. The molecule has 1 fully saturated rings. The summed E-state index contributed by atoms with van der Waals surface area (Å²) in [4.78, 5) is 13.7. The van der Waals surface area contributed by atoms with Crippen molar-refractivity contribution in [1.82, 2.24) is 10.2 Å². The van der Waals surface area contributed by atoms with Crippen molar-refractivity contribution >= 4 is 5.91 Å². The second-order valence-electron chi connectivity index (χ2n) is 5.94. The number of nitrogens with one attached hydrogen (secondary N) is 1. The summed E-state index contributed by atoms with van der Waals surface area (Å²) in [5.74, 6) is 0.561. The SMILES string of the molecule is COCC(=O)N[C@@H]1CN(Cc2ccc(OCCCO)cc2)C[C@H]1O. The van der Waals surface area contributed by atoms with E-state index in [0.29, 0.717) is 32.7 Å². The van der Waals surface area contributed by atoms with Crippen molar-refractivity contribution in [3.05, 3.63) is 29.8 Å². The molecule has 3 N–H and O–H groups in total. The molecular formula is C17H26N2O5. The molecule has 1 saturated heterocycles. The molecule has 1 aromatic rings. The smallest absolute Gasteiger partial charge is 0.246 e. The molecule has 7 heteroatoms. The van der Waals surface area contributed by atoms with Crippen LogP contribution in [-0.2, 0) is 16.1 Å². The molecule has 7 nitrogen and oxygen atoms in total. The average molecular weight is 338 g/mol. The van der Waals surface area contributed by atoms with Crippen LogP contribution in [0.2, 0.25) is 0 Å². The maximum absolute atomic E-state index is 11.6. The number of nitrogens with zero attached hydrogens (tertiary/aromatic N) is 1. The van der Waals surface area contributed by atoms with Crippen LogP contribution in [0.3, 0.4) is 0 Å². The molecule has 0 aliphatic carbocycles. The fourth-order valence-electron chi connectivity index (χ4n) is 2.72. The fraction of sp³-hybridized carbons (Fsp3) is 0.588. The highest BCUT2D eigenvalue weighted by Gasteiger charge is 2.32. The summed E-state index contributed by atoms with van der Waals surface area (Å²) >= 11 is 0. The number of aliphatic hydroxyl groups excluding tert-OH is 2. The molecule has 134 valence electrons. The zero-order valence-corrected chi connectivity index (χ0v) is 14.0. The third-order valence-electron chi connectivity index (χ3n) is 3.89. The van der Waals surface area contributed by atoms with Crippen LogP contribution in [0, 0.1) is 0 Å². The lowest BCUT2D eigenvalue weighted by Gasteiger charge is -2.17. The first kappa shape index (κ1) is 18.7. The maximum Gasteiger partial charge on any atom is 0.246 e. The standard InChI is InChI=1S/C17H26N2O5/c1-23-12-17(22)18-15-10-19(11-16(15)21)9-13-3-5-14(6-4-13)24-8-2-7-20/h3-6,15-16,20-21H,2,7-12H2,1H3,(H,18,22)/t15-,16-/m1/s1. The molecule has 0 radical (unpaired) electrons. The van der Waals surface area contributed by atoms with Crippen molar-refractivity contribution in [2.45, 2.75) is 25.1 Å². The third kappa shape index (κ3) is 5.76. The summed E-state index contributed by atoms with van der Waals surface area (Å²) in [6, 6.07) is 7.50. The Morgan fingerprint density at radius 2 is 2.08 bits per heavy atom. The molecular weight excluding hydrogens is 312 g/mol. The van der Waals surface area contributed by atoms with Crippen LogP contribution in [0.4, 0.5) is 0 Å². The number of rotatable bonds is 9. The second kappa shape index (κ2) is 9.58. The number of carbonyl (C=O) groups is 1. The Hall–Kier alpha value is -1.67. The van der Waals surface area contributed by atoms with E-state index in [1.54, 1.807) is 0 Å². The highest BCUT2D eigenvalue weighted by atomic mass is 16.5. The summed E-state index contributed by atoms with van der Waals surface area (Å²) in [7, 11) is 1.47.